The van der Waals surface area contributed by atoms with Gasteiger partial charge in [-0.1, -0.05) is 11.6 Å². The Kier molecular flexibility index (Phi) is 5.36. The van der Waals surface area contributed by atoms with Crippen molar-refractivity contribution in [1.29, 1.82) is 0 Å². The first-order valence-corrected chi connectivity index (χ1v) is 8.68. The molecular formula is C15H18ClNO5S. The highest BCUT2D eigenvalue weighted by Crippen LogP contribution is 2.27. The van der Waals surface area contributed by atoms with Gasteiger partial charge < -0.3 is 14.3 Å². The Morgan fingerprint density at radius 3 is 2.70 bits per heavy atom. The Morgan fingerprint density at radius 1 is 1.39 bits per heavy atom. The lowest BCUT2D eigenvalue weighted by Crippen LogP contribution is -2.42. The van der Waals surface area contributed by atoms with Crippen LogP contribution in [0.4, 0.5) is 0 Å². The van der Waals surface area contributed by atoms with Gasteiger partial charge in [0.25, 0.3) is 0 Å². The van der Waals surface area contributed by atoms with E-state index in [9.17, 15) is 13.5 Å². The van der Waals surface area contributed by atoms with E-state index in [0.29, 0.717) is 11.5 Å². The average molecular weight is 360 g/mol. The van der Waals surface area contributed by atoms with E-state index >= 15 is 0 Å². The Hall–Kier alpha value is -1.54. The van der Waals surface area contributed by atoms with Crippen LogP contribution in [0, 0.1) is 0 Å². The predicted octanol–water partition coefficient (Wildman–Crippen LogP) is 2.21. The van der Waals surface area contributed by atoms with Gasteiger partial charge >= 0.3 is 0 Å². The molecule has 8 heteroatoms. The number of hydrogen-bond acceptors (Lipinski definition) is 5. The van der Waals surface area contributed by atoms with Crippen LogP contribution in [0.5, 0.6) is 5.75 Å². The van der Waals surface area contributed by atoms with Gasteiger partial charge in [-0.15, -0.1) is 0 Å². The van der Waals surface area contributed by atoms with Crippen LogP contribution in [0.25, 0.3) is 0 Å². The zero-order valence-corrected chi connectivity index (χ0v) is 14.3. The van der Waals surface area contributed by atoms with Gasteiger partial charge in [-0.2, -0.15) is 0 Å². The molecule has 0 bridgehead atoms. The van der Waals surface area contributed by atoms with Crippen LogP contribution in [0.15, 0.2) is 45.9 Å². The fourth-order valence-corrected chi connectivity index (χ4v) is 3.51. The molecule has 2 aromatic rings. The van der Waals surface area contributed by atoms with Gasteiger partial charge in [0.05, 0.1) is 28.9 Å². The molecule has 0 saturated carbocycles. The second-order valence-electron chi connectivity index (χ2n) is 5.37. The van der Waals surface area contributed by atoms with Gasteiger partial charge in [0.2, 0.25) is 10.0 Å². The molecule has 1 atom stereocenters. The molecule has 0 aliphatic rings. The van der Waals surface area contributed by atoms with Crippen molar-refractivity contribution in [1.82, 2.24) is 4.72 Å². The molecule has 0 aliphatic heterocycles. The standard InChI is InChI=1S/C15H18ClNO5S/c1-15(18,9-11-4-3-7-22-11)10-17-23(19,20)12-5-6-14(21-2)13(16)8-12/h3-8,17-18H,9-10H2,1-2H3/t15-/m1/s1. The summed E-state index contributed by atoms with van der Waals surface area (Å²) in [5.41, 5.74) is -1.29. The minimum atomic E-state index is -3.80. The molecule has 0 unspecified atom stereocenters. The molecule has 0 amide bonds. The fourth-order valence-electron chi connectivity index (χ4n) is 2.00. The van der Waals surface area contributed by atoms with Crippen LogP contribution in [-0.2, 0) is 16.4 Å². The third-order valence-electron chi connectivity index (χ3n) is 3.21. The highest BCUT2D eigenvalue weighted by atomic mass is 35.5. The molecule has 0 aliphatic carbocycles. The van der Waals surface area contributed by atoms with E-state index in [0.717, 1.165) is 0 Å². The quantitative estimate of drug-likeness (QED) is 0.791. The summed E-state index contributed by atoms with van der Waals surface area (Å²) in [4.78, 5) is -0.00269. The smallest absolute Gasteiger partial charge is 0.240 e. The molecule has 2 rings (SSSR count). The van der Waals surface area contributed by atoms with Gasteiger partial charge in [-0.25, -0.2) is 13.1 Å². The third-order valence-corrected chi connectivity index (χ3v) is 4.91. The van der Waals surface area contributed by atoms with Gasteiger partial charge in [-0.05, 0) is 37.3 Å². The largest absolute Gasteiger partial charge is 0.495 e. The van der Waals surface area contributed by atoms with Crippen molar-refractivity contribution < 1.29 is 22.7 Å². The van der Waals surface area contributed by atoms with Crippen molar-refractivity contribution in [3.63, 3.8) is 0 Å². The van der Waals surface area contributed by atoms with E-state index in [4.69, 9.17) is 20.8 Å². The van der Waals surface area contributed by atoms with Crippen LogP contribution in [0.2, 0.25) is 5.02 Å². The molecule has 0 saturated heterocycles. The molecule has 1 aromatic carbocycles. The van der Waals surface area contributed by atoms with Crippen molar-refractivity contribution >= 4 is 21.6 Å². The summed E-state index contributed by atoms with van der Waals surface area (Å²) in [6.07, 6.45) is 1.68. The lowest BCUT2D eigenvalue weighted by molar-refractivity contribution is 0.0603. The number of benzene rings is 1. The normalized spacial score (nSPS) is 14.4. The van der Waals surface area contributed by atoms with E-state index in [1.807, 2.05) is 0 Å². The number of methoxy groups -OCH3 is 1. The maximum Gasteiger partial charge on any atom is 0.240 e. The van der Waals surface area contributed by atoms with Gasteiger partial charge in [-0.3, -0.25) is 0 Å². The van der Waals surface area contributed by atoms with Gasteiger partial charge in [0.1, 0.15) is 11.5 Å². The second kappa shape index (κ2) is 6.92. The Morgan fingerprint density at radius 2 is 2.13 bits per heavy atom. The van der Waals surface area contributed by atoms with Crippen LogP contribution in [0.3, 0.4) is 0 Å². The second-order valence-corrected chi connectivity index (χ2v) is 7.55. The number of nitrogens with one attached hydrogen (secondary N) is 1. The monoisotopic (exact) mass is 359 g/mol. The number of rotatable bonds is 7. The molecule has 0 radical (unpaired) electrons. The van der Waals surface area contributed by atoms with Gasteiger partial charge in [0.15, 0.2) is 0 Å². The Balaban J connectivity index is 2.07. The predicted molar refractivity (Wildman–Crippen MR) is 86.2 cm³/mol. The summed E-state index contributed by atoms with van der Waals surface area (Å²) in [5, 5.41) is 10.5. The Labute approximate surface area is 140 Å². The topological polar surface area (TPSA) is 88.8 Å². The Bertz CT molecular complexity index is 756. The maximum absolute atomic E-state index is 12.3. The van der Waals surface area contributed by atoms with Crippen LogP contribution in [0.1, 0.15) is 12.7 Å². The molecule has 23 heavy (non-hydrogen) atoms. The molecule has 1 heterocycles. The highest BCUT2D eigenvalue weighted by molar-refractivity contribution is 7.89. The number of hydrogen-bond donors (Lipinski definition) is 2. The lowest BCUT2D eigenvalue weighted by Gasteiger charge is -2.22. The van der Waals surface area contributed by atoms with Crippen molar-refractivity contribution in [3.05, 3.63) is 47.4 Å². The van der Waals surface area contributed by atoms with Gasteiger partial charge in [0, 0.05) is 13.0 Å². The molecular weight excluding hydrogens is 342 g/mol. The zero-order valence-electron chi connectivity index (χ0n) is 12.7. The van der Waals surface area contributed by atoms with Crippen molar-refractivity contribution in [3.8, 4) is 5.75 Å². The third kappa shape index (κ3) is 4.71. The van der Waals surface area contributed by atoms with Crippen molar-refractivity contribution in [2.45, 2.75) is 23.8 Å². The summed E-state index contributed by atoms with van der Waals surface area (Å²) in [7, 11) is -2.36. The number of furan rings is 1. The minimum absolute atomic E-state index is 0.00269. The molecule has 6 nitrogen and oxygen atoms in total. The fraction of sp³-hybridized carbons (Fsp3) is 0.333. The van der Waals surface area contributed by atoms with E-state index in [-0.39, 0.29) is 22.9 Å². The average Bonchev–Trinajstić information content (AvgIpc) is 2.97. The summed E-state index contributed by atoms with van der Waals surface area (Å²) in [5.74, 6) is 0.956. The number of sulfonamides is 1. The minimum Gasteiger partial charge on any atom is -0.495 e. The van der Waals surface area contributed by atoms with E-state index in [2.05, 4.69) is 4.72 Å². The molecule has 2 N–H and O–H groups in total. The molecule has 0 spiro atoms. The van der Waals surface area contributed by atoms with Crippen molar-refractivity contribution in [2.24, 2.45) is 0 Å². The number of halogens is 1. The first-order valence-electron chi connectivity index (χ1n) is 6.81. The van der Waals surface area contributed by atoms with E-state index in [1.54, 1.807) is 12.1 Å². The van der Waals surface area contributed by atoms with Crippen molar-refractivity contribution in [2.75, 3.05) is 13.7 Å². The number of ether oxygens (including phenoxy) is 1. The summed E-state index contributed by atoms with van der Waals surface area (Å²) in [6.45, 7) is 1.36. The van der Waals surface area contributed by atoms with Crippen LogP contribution in [-0.4, -0.2) is 32.8 Å². The highest BCUT2D eigenvalue weighted by Gasteiger charge is 2.26. The zero-order chi connectivity index (χ0) is 17.1. The summed E-state index contributed by atoms with van der Waals surface area (Å²) >= 11 is 5.94. The summed E-state index contributed by atoms with van der Waals surface area (Å²) < 4.78 is 37.1. The SMILES string of the molecule is COc1ccc(S(=O)(=O)NC[C@](C)(O)Cc2ccco2)cc1Cl. The molecule has 0 fully saturated rings. The van der Waals surface area contributed by atoms with E-state index < -0.39 is 15.6 Å². The first kappa shape index (κ1) is 17.8. The van der Waals surface area contributed by atoms with Crippen LogP contribution < -0.4 is 9.46 Å². The maximum atomic E-state index is 12.3. The summed E-state index contributed by atoms with van der Waals surface area (Å²) in [6, 6.07) is 7.57. The number of aliphatic hydroxyl groups is 1. The van der Waals surface area contributed by atoms with E-state index in [1.165, 1.54) is 38.5 Å². The lowest BCUT2D eigenvalue weighted by atomic mass is 10.0. The first-order chi connectivity index (χ1) is 10.7. The molecule has 126 valence electrons. The molecule has 1 aromatic heterocycles. The van der Waals surface area contributed by atoms with Crippen LogP contribution >= 0.6 is 11.6 Å².